The monoisotopic (exact) mass is 355 g/mol. The van der Waals surface area contributed by atoms with Crippen LogP contribution in [0.15, 0.2) is 16.6 Å². The molecule has 0 radical (unpaired) electrons. The second kappa shape index (κ2) is 8.04. The van der Waals surface area contributed by atoms with Crippen molar-refractivity contribution in [2.24, 2.45) is 11.8 Å². The molecule has 1 N–H and O–H groups in total. The number of nitrogens with one attached hydrogen (secondary N) is 1. The third-order valence-electron chi connectivity index (χ3n) is 3.96. The zero-order chi connectivity index (χ0) is 15.2. The van der Waals surface area contributed by atoms with Crippen LogP contribution in [0.5, 0.6) is 11.5 Å². The summed E-state index contributed by atoms with van der Waals surface area (Å²) in [5, 5.41) is 3.55. The molecule has 1 aromatic rings. The van der Waals surface area contributed by atoms with Gasteiger partial charge < -0.3 is 14.8 Å². The van der Waals surface area contributed by atoms with Crippen LogP contribution >= 0.6 is 15.9 Å². The zero-order valence-electron chi connectivity index (χ0n) is 13.2. The molecule has 1 saturated carbocycles. The van der Waals surface area contributed by atoms with Gasteiger partial charge in [0.25, 0.3) is 0 Å². The summed E-state index contributed by atoms with van der Waals surface area (Å²) in [5.74, 6) is 3.32. The number of benzene rings is 1. The van der Waals surface area contributed by atoms with Gasteiger partial charge in [-0.15, -0.1) is 0 Å². The molecule has 0 heterocycles. The van der Waals surface area contributed by atoms with Gasteiger partial charge in [-0.1, -0.05) is 13.8 Å². The Balaban J connectivity index is 1.94. The average molecular weight is 356 g/mol. The van der Waals surface area contributed by atoms with Gasteiger partial charge in [0.1, 0.15) is 0 Å². The second-order valence-electron chi connectivity index (χ2n) is 5.90. The number of methoxy groups -OCH3 is 1. The van der Waals surface area contributed by atoms with E-state index in [1.165, 1.54) is 18.4 Å². The lowest BCUT2D eigenvalue weighted by molar-refractivity contribution is 0.292. The van der Waals surface area contributed by atoms with E-state index in [1.807, 2.05) is 0 Å². The van der Waals surface area contributed by atoms with Gasteiger partial charge in [-0.3, -0.25) is 0 Å². The van der Waals surface area contributed by atoms with Gasteiger partial charge in [0.15, 0.2) is 11.5 Å². The van der Waals surface area contributed by atoms with Gasteiger partial charge in [-0.05, 0) is 71.3 Å². The molecule has 1 fully saturated rings. The first-order chi connectivity index (χ1) is 10.2. The van der Waals surface area contributed by atoms with Gasteiger partial charge in [-0.25, -0.2) is 0 Å². The van der Waals surface area contributed by atoms with Crippen LogP contribution in [-0.2, 0) is 6.54 Å². The lowest BCUT2D eigenvalue weighted by atomic mass is 10.1. The van der Waals surface area contributed by atoms with Crippen molar-refractivity contribution in [3.8, 4) is 11.5 Å². The number of ether oxygens (including phenoxy) is 2. The fourth-order valence-electron chi connectivity index (χ4n) is 2.50. The Bertz CT molecular complexity index is 460. The molecule has 0 amide bonds. The van der Waals surface area contributed by atoms with Gasteiger partial charge >= 0.3 is 0 Å². The minimum absolute atomic E-state index is 0.700. The molecule has 0 saturated heterocycles. The molecule has 0 aromatic heterocycles. The summed E-state index contributed by atoms with van der Waals surface area (Å²) in [6.45, 7) is 7.08. The smallest absolute Gasteiger partial charge is 0.175 e. The van der Waals surface area contributed by atoms with Crippen molar-refractivity contribution >= 4 is 15.9 Å². The quantitative estimate of drug-likeness (QED) is 0.712. The second-order valence-corrected chi connectivity index (χ2v) is 6.76. The van der Waals surface area contributed by atoms with Crippen molar-refractivity contribution < 1.29 is 9.47 Å². The first kappa shape index (κ1) is 16.6. The maximum absolute atomic E-state index is 5.75. The van der Waals surface area contributed by atoms with E-state index in [9.17, 15) is 0 Å². The van der Waals surface area contributed by atoms with Crippen molar-refractivity contribution in [2.75, 3.05) is 20.3 Å². The van der Waals surface area contributed by atoms with Crippen molar-refractivity contribution in [1.82, 2.24) is 5.32 Å². The molecule has 3 nitrogen and oxygen atoms in total. The van der Waals surface area contributed by atoms with Crippen molar-refractivity contribution in [2.45, 2.75) is 39.7 Å². The Labute approximate surface area is 136 Å². The molecule has 1 aliphatic carbocycles. The average Bonchev–Trinajstić information content (AvgIpc) is 3.30. The maximum Gasteiger partial charge on any atom is 0.175 e. The number of halogens is 1. The van der Waals surface area contributed by atoms with E-state index in [0.717, 1.165) is 47.3 Å². The van der Waals surface area contributed by atoms with Crippen LogP contribution in [0.25, 0.3) is 0 Å². The molecule has 1 aliphatic rings. The minimum atomic E-state index is 0.700. The first-order valence-corrected chi connectivity index (χ1v) is 8.65. The zero-order valence-corrected chi connectivity index (χ0v) is 14.8. The van der Waals surface area contributed by atoms with Crippen molar-refractivity contribution in [1.29, 1.82) is 0 Å². The van der Waals surface area contributed by atoms with E-state index in [1.54, 1.807) is 7.11 Å². The summed E-state index contributed by atoms with van der Waals surface area (Å²) < 4.78 is 12.2. The fourth-order valence-corrected chi connectivity index (χ4v) is 3.10. The first-order valence-electron chi connectivity index (χ1n) is 7.85. The Morgan fingerprint density at radius 1 is 1.38 bits per heavy atom. The SMILES string of the molecule is CCCOc1c(Br)cc(CNCC(C)C2CC2)cc1OC. The molecule has 21 heavy (non-hydrogen) atoms. The van der Waals surface area contributed by atoms with Crippen LogP contribution < -0.4 is 14.8 Å². The minimum Gasteiger partial charge on any atom is -0.493 e. The van der Waals surface area contributed by atoms with Gasteiger partial charge in [0.2, 0.25) is 0 Å². The predicted octanol–water partition coefficient (Wildman–Crippen LogP) is 4.38. The fraction of sp³-hybridized carbons (Fsp3) is 0.647. The largest absolute Gasteiger partial charge is 0.493 e. The lowest BCUT2D eigenvalue weighted by Gasteiger charge is -2.15. The van der Waals surface area contributed by atoms with E-state index in [-0.39, 0.29) is 0 Å². The summed E-state index contributed by atoms with van der Waals surface area (Å²) in [7, 11) is 1.69. The number of rotatable bonds is 9. The molecule has 0 spiro atoms. The maximum atomic E-state index is 5.75. The number of hydrogen-bond donors (Lipinski definition) is 1. The van der Waals surface area contributed by atoms with Crippen LogP contribution in [0, 0.1) is 11.8 Å². The molecule has 1 atom stereocenters. The highest BCUT2D eigenvalue weighted by molar-refractivity contribution is 9.10. The molecule has 1 unspecified atom stereocenters. The van der Waals surface area contributed by atoms with Crippen LogP contribution in [0.1, 0.15) is 38.7 Å². The molecule has 0 bridgehead atoms. The highest BCUT2D eigenvalue weighted by Gasteiger charge is 2.27. The van der Waals surface area contributed by atoms with E-state index < -0.39 is 0 Å². The summed E-state index contributed by atoms with van der Waals surface area (Å²) in [4.78, 5) is 0. The van der Waals surface area contributed by atoms with Crippen LogP contribution in [-0.4, -0.2) is 20.3 Å². The summed E-state index contributed by atoms with van der Waals surface area (Å²) >= 11 is 3.59. The third-order valence-corrected chi connectivity index (χ3v) is 4.55. The summed E-state index contributed by atoms with van der Waals surface area (Å²) in [6, 6.07) is 4.17. The molecule has 4 heteroatoms. The Morgan fingerprint density at radius 3 is 2.76 bits per heavy atom. The topological polar surface area (TPSA) is 30.5 Å². The normalized spacial score (nSPS) is 15.8. The van der Waals surface area contributed by atoms with E-state index in [0.29, 0.717) is 6.61 Å². The molecular weight excluding hydrogens is 330 g/mol. The number of hydrogen-bond acceptors (Lipinski definition) is 3. The van der Waals surface area contributed by atoms with Gasteiger partial charge in [0, 0.05) is 6.54 Å². The van der Waals surface area contributed by atoms with Gasteiger partial charge in [0.05, 0.1) is 18.2 Å². The van der Waals surface area contributed by atoms with Crippen LogP contribution in [0.3, 0.4) is 0 Å². The summed E-state index contributed by atoms with van der Waals surface area (Å²) in [5.41, 5.74) is 1.21. The lowest BCUT2D eigenvalue weighted by Crippen LogP contribution is -2.21. The van der Waals surface area contributed by atoms with Crippen LogP contribution in [0.4, 0.5) is 0 Å². The molecular formula is C17H26BrNO2. The molecule has 2 rings (SSSR count). The molecule has 118 valence electrons. The highest BCUT2D eigenvalue weighted by atomic mass is 79.9. The van der Waals surface area contributed by atoms with E-state index in [4.69, 9.17) is 9.47 Å². The Kier molecular flexibility index (Phi) is 6.37. The van der Waals surface area contributed by atoms with Crippen LogP contribution in [0.2, 0.25) is 0 Å². The Hall–Kier alpha value is -0.740. The molecule has 0 aliphatic heterocycles. The van der Waals surface area contributed by atoms with Crippen molar-refractivity contribution in [3.63, 3.8) is 0 Å². The van der Waals surface area contributed by atoms with Gasteiger partial charge in [-0.2, -0.15) is 0 Å². The van der Waals surface area contributed by atoms with Crippen molar-refractivity contribution in [3.05, 3.63) is 22.2 Å². The third kappa shape index (κ3) is 4.89. The predicted molar refractivity (Wildman–Crippen MR) is 90.1 cm³/mol. The molecule has 1 aromatic carbocycles. The van der Waals surface area contributed by atoms with E-state index in [2.05, 4.69) is 47.2 Å². The van der Waals surface area contributed by atoms with E-state index >= 15 is 0 Å². The Morgan fingerprint density at radius 2 is 2.14 bits per heavy atom. The standard InChI is InChI=1S/C17H26BrNO2/c1-4-7-21-17-15(18)8-13(9-16(17)20-3)11-19-10-12(2)14-5-6-14/h8-9,12,14,19H,4-7,10-11H2,1-3H3. The highest BCUT2D eigenvalue weighted by Crippen LogP contribution is 2.37. The summed E-state index contributed by atoms with van der Waals surface area (Å²) in [6.07, 6.45) is 3.80.